The van der Waals surface area contributed by atoms with Crippen LogP contribution >= 0.6 is 12.6 Å². The normalized spacial score (nSPS) is 19.3. The number of hydrogen-bond donors (Lipinski definition) is 5. The zero-order chi connectivity index (χ0) is 43.7. The highest BCUT2D eigenvalue weighted by molar-refractivity contribution is 7.80. The molecule has 0 aliphatic carbocycles. The van der Waals surface area contributed by atoms with Crippen LogP contribution in [0, 0.1) is 11.8 Å². The average molecular weight is 848 g/mol. The van der Waals surface area contributed by atoms with E-state index in [4.69, 9.17) is 27.1 Å². The molecule has 322 valence electrons. The van der Waals surface area contributed by atoms with Crippen molar-refractivity contribution >= 4 is 52.2 Å². The Morgan fingerprint density at radius 2 is 1.51 bits per heavy atom. The van der Waals surface area contributed by atoms with Crippen LogP contribution in [0.3, 0.4) is 0 Å². The van der Waals surface area contributed by atoms with Gasteiger partial charge in [0.2, 0.25) is 11.8 Å². The lowest BCUT2D eigenvalue weighted by molar-refractivity contribution is -0.138. The topological polar surface area (TPSA) is 162 Å². The molecule has 2 unspecified atom stereocenters. The number of aromatic amines is 2. The van der Waals surface area contributed by atoms with Crippen molar-refractivity contribution in [2.45, 2.75) is 89.2 Å². The first-order chi connectivity index (χ1) is 29.1. The first-order valence-electron chi connectivity index (χ1n) is 21.0. The first-order valence-corrected chi connectivity index (χ1v) is 21.6. The van der Waals surface area contributed by atoms with Gasteiger partial charge < -0.3 is 39.9 Å². The molecule has 5 atom stereocenters. The Kier molecular flexibility index (Phi) is 12.6. The number of ether oxygens (including phenoxy) is 2. The number of carbonyl (C=O) groups is 3. The minimum Gasteiger partial charge on any atom is -0.483 e. The van der Waals surface area contributed by atoms with Gasteiger partial charge in [0.25, 0.3) is 0 Å². The number of rotatable bonds is 13. The monoisotopic (exact) mass is 847 g/mol. The van der Waals surface area contributed by atoms with Gasteiger partial charge in [-0.25, -0.2) is 9.78 Å². The van der Waals surface area contributed by atoms with E-state index in [1.807, 2.05) is 57.0 Å². The molecule has 0 radical (unpaired) electrons. The molecule has 61 heavy (non-hydrogen) atoms. The molecule has 0 spiro atoms. The van der Waals surface area contributed by atoms with Crippen molar-refractivity contribution in [2.24, 2.45) is 11.8 Å². The van der Waals surface area contributed by atoms with Crippen LogP contribution in [0.25, 0.3) is 44.1 Å². The van der Waals surface area contributed by atoms with Gasteiger partial charge in [0, 0.05) is 35.8 Å². The molecule has 2 fully saturated rings. The SMILES string of the molecule is C=C(N[C@H](C(=O)N1CCC[C@@]1(C)C(S)c1ncc(-c2ccc3cc(-c4ccc5c(=O)cc(C6CCCN6C(=O)[C@@H](NC(=O)OC)C(C)C)[nH]c5c4)ccc3c2)[nH]1)C(C)C)OC. The lowest BCUT2D eigenvalue weighted by Gasteiger charge is -2.41. The Morgan fingerprint density at radius 1 is 0.852 bits per heavy atom. The summed E-state index contributed by atoms with van der Waals surface area (Å²) in [6.45, 7) is 14.9. The number of nitrogens with zero attached hydrogens (tertiary/aromatic N) is 3. The van der Waals surface area contributed by atoms with Crippen LogP contribution in [0.1, 0.15) is 83.1 Å². The van der Waals surface area contributed by atoms with E-state index in [2.05, 4.69) is 70.5 Å². The summed E-state index contributed by atoms with van der Waals surface area (Å²) in [6, 6.07) is 18.4. The lowest BCUT2D eigenvalue weighted by atomic mass is 9.91. The highest BCUT2D eigenvalue weighted by Crippen LogP contribution is 2.44. The quantitative estimate of drug-likeness (QED) is 0.0591. The van der Waals surface area contributed by atoms with E-state index in [1.165, 1.54) is 14.2 Å². The summed E-state index contributed by atoms with van der Waals surface area (Å²) in [5, 5.41) is 8.15. The predicted octanol–water partition coefficient (Wildman–Crippen LogP) is 7.87. The van der Waals surface area contributed by atoms with Crippen molar-refractivity contribution in [1.82, 2.24) is 35.4 Å². The average Bonchev–Trinajstić information content (AvgIpc) is 4.04. The van der Waals surface area contributed by atoms with E-state index in [0.29, 0.717) is 47.8 Å². The number of amides is 3. The van der Waals surface area contributed by atoms with E-state index >= 15 is 0 Å². The van der Waals surface area contributed by atoms with Gasteiger partial charge in [0.1, 0.15) is 17.9 Å². The number of pyridine rings is 1. The van der Waals surface area contributed by atoms with Crippen LogP contribution in [0.2, 0.25) is 0 Å². The predicted molar refractivity (Wildman–Crippen MR) is 242 cm³/mol. The second kappa shape index (κ2) is 17.7. The molecule has 2 aliphatic heterocycles. The zero-order valence-electron chi connectivity index (χ0n) is 36.0. The molecule has 3 amide bonds. The van der Waals surface area contributed by atoms with Crippen molar-refractivity contribution in [3.05, 3.63) is 101 Å². The number of imidazole rings is 1. The van der Waals surface area contributed by atoms with Crippen molar-refractivity contribution in [1.29, 1.82) is 0 Å². The fourth-order valence-corrected chi connectivity index (χ4v) is 9.32. The summed E-state index contributed by atoms with van der Waals surface area (Å²) in [5.74, 6) is 0.709. The number of thiol groups is 1. The highest BCUT2D eigenvalue weighted by Gasteiger charge is 2.48. The molecular formula is C47H57N7O6S. The van der Waals surface area contributed by atoms with Gasteiger partial charge in [-0.3, -0.25) is 14.4 Å². The van der Waals surface area contributed by atoms with Crippen LogP contribution in [-0.4, -0.2) is 87.6 Å². The van der Waals surface area contributed by atoms with Crippen LogP contribution in [0.15, 0.2) is 84.1 Å². The summed E-state index contributed by atoms with van der Waals surface area (Å²) in [4.78, 5) is 68.7. The van der Waals surface area contributed by atoms with Crippen molar-refractivity contribution in [2.75, 3.05) is 27.3 Å². The van der Waals surface area contributed by atoms with E-state index in [0.717, 1.165) is 52.4 Å². The van der Waals surface area contributed by atoms with Crippen LogP contribution < -0.4 is 16.1 Å². The summed E-state index contributed by atoms with van der Waals surface area (Å²) >= 11 is 5.09. The third-order valence-corrected chi connectivity index (χ3v) is 13.3. The van der Waals surface area contributed by atoms with Gasteiger partial charge in [0.05, 0.1) is 48.5 Å². The van der Waals surface area contributed by atoms with Gasteiger partial charge in [0.15, 0.2) is 11.3 Å². The Morgan fingerprint density at radius 3 is 2.20 bits per heavy atom. The Balaban J connectivity index is 1.10. The molecule has 2 aliphatic rings. The molecule has 3 aromatic carbocycles. The van der Waals surface area contributed by atoms with E-state index in [-0.39, 0.29) is 40.4 Å². The third-order valence-electron chi connectivity index (χ3n) is 12.5. The van der Waals surface area contributed by atoms with E-state index in [9.17, 15) is 19.2 Å². The number of benzene rings is 3. The second-order valence-corrected chi connectivity index (χ2v) is 17.7. The Hall–Kier alpha value is -5.76. The molecule has 2 aromatic heterocycles. The van der Waals surface area contributed by atoms with Gasteiger partial charge in [-0.2, -0.15) is 12.6 Å². The Bertz CT molecular complexity index is 2530. The molecule has 14 heteroatoms. The maximum atomic E-state index is 14.0. The number of H-pyrrole nitrogens is 2. The molecule has 13 nitrogen and oxygen atoms in total. The molecule has 4 N–H and O–H groups in total. The molecule has 5 aromatic rings. The Labute approximate surface area is 362 Å². The number of carbonyl (C=O) groups excluding carboxylic acids is 3. The highest BCUT2D eigenvalue weighted by atomic mass is 32.1. The summed E-state index contributed by atoms with van der Waals surface area (Å²) < 4.78 is 10.0. The van der Waals surface area contributed by atoms with Gasteiger partial charge >= 0.3 is 6.09 Å². The van der Waals surface area contributed by atoms with Crippen LogP contribution in [0.4, 0.5) is 4.79 Å². The largest absolute Gasteiger partial charge is 0.483 e. The molecule has 0 saturated carbocycles. The number of alkyl carbamates (subject to hydrolysis) is 1. The van der Waals surface area contributed by atoms with Crippen molar-refractivity contribution in [3.63, 3.8) is 0 Å². The number of aromatic nitrogens is 3. The van der Waals surface area contributed by atoms with Crippen molar-refractivity contribution < 1.29 is 23.9 Å². The molecule has 7 rings (SSSR count). The van der Waals surface area contributed by atoms with E-state index in [1.54, 1.807) is 11.0 Å². The van der Waals surface area contributed by atoms with Gasteiger partial charge in [-0.05, 0) is 97.2 Å². The standard InChI is InChI=1S/C47H57N7O6S/c1-26(2)40(52-46(58)60-8)44(56)53-19-9-11-38(53)36-24-39(55)34-17-16-32(23-35(34)50-36)30-12-13-31-22-33(15-14-29(31)21-30)37-25-48-43(51-37)42(61)47(6)18-10-20-54(47)45(57)41(27(3)4)49-28(5)59-7/h12-17,21-27,38,40-42,49,61H,5,9-11,18-20H2,1-4,6-8H3,(H,48,51)(H,50,55)(H,52,58)/t38?,40-,41-,42?,47-/m0/s1. The van der Waals surface area contributed by atoms with Crippen molar-refractivity contribution in [3.8, 4) is 22.4 Å². The zero-order valence-corrected chi connectivity index (χ0v) is 36.9. The fourth-order valence-electron chi connectivity index (χ4n) is 8.92. The number of fused-ring (bicyclic) bond motifs is 2. The fraction of sp³-hybridized carbons (Fsp3) is 0.426. The number of likely N-dealkylation sites (tertiary alicyclic amines) is 2. The molecular weight excluding hydrogens is 791 g/mol. The number of nitrogens with one attached hydrogen (secondary N) is 4. The molecule has 2 saturated heterocycles. The smallest absolute Gasteiger partial charge is 0.407 e. The number of hydrogen-bond acceptors (Lipinski definition) is 9. The second-order valence-electron chi connectivity index (χ2n) is 17.2. The van der Waals surface area contributed by atoms with Crippen LogP contribution in [-0.2, 0) is 19.1 Å². The summed E-state index contributed by atoms with van der Waals surface area (Å²) in [7, 11) is 2.81. The van der Waals surface area contributed by atoms with Gasteiger partial charge in [-0.1, -0.05) is 58.0 Å². The minimum atomic E-state index is -0.752. The number of methoxy groups -OCH3 is 2. The van der Waals surface area contributed by atoms with E-state index < -0.39 is 23.7 Å². The maximum Gasteiger partial charge on any atom is 0.407 e. The molecule has 0 bridgehead atoms. The van der Waals surface area contributed by atoms with Gasteiger partial charge in [-0.15, -0.1) is 0 Å². The third kappa shape index (κ3) is 8.59. The lowest BCUT2D eigenvalue weighted by Crippen LogP contribution is -2.56. The first kappa shape index (κ1) is 43.3. The minimum absolute atomic E-state index is 0.00830. The van der Waals surface area contributed by atoms with Crippen LogP contribution in [0.5, 0.6) is 0 Å². The summed E-state index contributed by atoms with van der Waals surface area (Å²) in [6.07, 6.45) is 4.30. The molecule has 4 heterocycles. The summed E-state index contributed by atoms with van der Waals surface area (Å²) in [5.41, 5.74) is 4.44. The maximum absolute atomic E-state index is 14.0.